The molecule has 0 heterocycles. The van der Waals surface area contributed by atoms with E-state index in [1.807, 2.05) is 0 Å². The van der Waals surface area contributed by atoms with Gasteiger partial charge >= 0.3 is 0 Å². The molecule has 3 saturated carbocycles. The monoisotopic (exact) mass is 248 g/mol. The Morgan fingerprint density at radius 2 is 1.83 bits per heavy atom. The van der Waals surface area contributed by atoms with Gasteiger partial charge in [-0.05, 0) is 54.8 Å². The first-order valence-electron chi connectivity index (χ1n) is 7.91. The second-order valence-electron chi connectivity index (χ2n) is 8.06. The van der Waals surface area contributed by atoms with Crippen LogP contribution < -0.4 is 0 Å². The van der Waals surface area contributed by atoms with Crippen LogP contribution in [0.2, 0.25) is 0 Å². The van der Waals surface area contributed by atoms with E-state index in [0.29, 0.717) is 34.4 Å². The molecule has 5 unspecified atom stereocenters. The summed E-state index contributed by atoms with van der Waals surface area (Å²) in [5, 5.41) is 0. The summed E-state index contributed by atoms with van der Waals surface area (Å²) < 4.78 is 0. The summed E-state index contributed by atoms with van der Waals surface area (Å²) in [7, 11) is 0. The van der Waals surface area contributed by atoms with Gasteiger partial charge < -0.3 is 0 Å². The van der Waals surface area contributed by atoms with Gasteiger partial charge in [-0.15, -0.1) is 0 Å². The molecular formula is C17H28O. The number of hydrogen-bond donors (Lipinski definition) is 0. The van der Waals surface area contributed by atoms with Gasteiger partial charge in [0.05, 0.1) is 0 Å². The molecule has 0 radical (unpaired) electrons. The Hall–Kier alpha value is -0.330. The quantitative estimate of drug-likeness (QED) is 0.670. The fraction of sp³-hybridized carbons (Fsp3) is 0.941. The van der Waals surface area contributed by atoms with Gasteiger partial charge in [0, 0.05) is 11.8 Å². The lowest BCUT2D eigenvalue weighted by Gasteiger charge is -2.44. The topological polar surface area (TPSA) is 17.1 Å². The highest BCUT2D eigenvalue weighted by Crippen LogP contribution is 2.70. The van der Waals surface area contributed by atoms with Gasteiger partial charge in [-0.3, -0.25) is 4.79 Å². The molecule has 5 atom stereocenters. The van der Waals surface area contributed by atoms with Crippen molar-refractivity contribution >= 4 is 5.78 Å². The average Bonchev–Trinajstić information content (AvgIpc) is 2.65. The molecule has 1 nitrogen and oxygen atoms in total. The van der Waals surface area contributed by atoms with Gasteiger partial charge in [-0.2, -0.15) is 0 Å². The number of rotatable bonds is 1. The third kappa shape index (κ3) is 1.42. The second-order valence-corrected chi connectivity index (χ2v) is 8.06. The van der Waals surface area contributed by atoms with Crippen molar-refractivity contribution < 1.29 is 4.79 Å². The SMILES string of the molecule is CC1CCCC(C2CC3CCC2(C)C3(C)C)C1=O. The Kier molecular flexibility index (Phi) is 2.70. The largest absolute Gasteiger partial charge is 0.299 e. The van der Waals surface area contributed by atoms with Crippen LogP contribution >= 0.6 is 0 Å². The average molecular weight is 248 g/mol. The van der Waals surface area contributed by atoms with Crippen molar-refractivity contribution in [2.75, 3.05) is 0 Å². The van der Waals surface area contributed by atoms with E-state index in [2.05, 4.69) is 27.7 Å². The molecule has 3 fully saturated rings. The van der Waals surface area contributed by atoms with Crippen LogP contribution in [0.4, 0.5) is 0 Å². The lowest BCUT2D eigenvalue weighted by molar-refractivity contribution is -0.133. The maximum Gasteiger partial charge on any atom is 0.139 e. The predicted molar refractivity (Wildman–Crippen MR) is 74.2 cm³/mol. The number of ketones is 1. The molecule has 0 aromatic carbocycles. The summed E-state index contributed by atoms with van der Waals surface area (Å²) in [6.07, 6.45) is 7.66. The molecule has 0 spiro atoms. The smallest absolute Gasteiger partial charge is 0.139 e. The van der Waals surface area contributed by atoms with Gasteiger partial charge in [0.15, 0.2) is 0 Å². The minimum absolute atomic E-state index is 0.328. The predicted octanol–water partition coefficient (Wildman–Crippen LogP) is 4.45. The van der Waals surface area contributed by atoms with Crippen molar-refractivity contribution in [2.45, 2.75) is 66.2 Å². The molecule has 2 bridgehead atoms. The molecule has 0 aliphatic heterocycles. The van der Waals surface area contributed by atoms with E-state index >= 15 is 0 Å². The molecule has 0 N–H and O–H groups in total. The number of hydrogen-bond acceptors (Lipinski definition) is 1. The third-order valence-corrected chi connectivity index (χ3v) is 7.35. The minimum atomic E-state index is 0.328. The maximum absolute atomic E-state index is 12.5. The van der Waals surface area contributed by atoms with Gasteiger partial charge in [-0.1, -0.05) is 34.1 Å². The van der Waals surface area contributed by atoms with Crippen LogP contribution in [0.3, 0.4) is 0 Å². The van der Waals surface area contributed by atoms with Gasteiger partial charge in [0.1, 0.15) is 5.78 Å². The van der Waals surface area contributed by atoms with Crippen LogP contribution in [-0.4, -0.2) is 5.78 Å². The van der Waals surface area contributed by atoms with Crippen molar-refractivity contribution in [1.29, 1.82) is 0 Å². The third-order valence-electron chi connectivity index (χ3n) is 7.35. The van der Waals surface area contributed by atoms with E-state index in [4.69, 9.17) is 0 Å². The fourth-order valence-corrected chi connectivity index (χ4v) is 5.57. The Labute approximate surface area is 112 Å². The summed E-state index contributed by atoms with van der Waals surface area (Å²) in [5.74, 6) is 2.87. The van der Waals surface area contributed by atoms with Crippen LogP contribution in [0.1, 0.15) is 66.2 Å². The fourth-order valence-electron chi connectivity index (χ4n) is 5.57. The van der Waals surface area contributed by atoms with Gasteiger partial charge in [0.25, 0.3) is 0 Å². The van der Waals surface area contributed by atoms with E-state index < -0.39 is 0 Å². The first-order chi connectivity index (χ1) is 8.38. The Bertz CT molecular complexity index is 370. The van der Waals surface area contributed by atoms with E-state index in [1.54, 1.807) is 0 Å². The molecule has 3 aliphatic rings. The second kappa shape index (κ2) is 3.84. The molecule has 3 aliphatic carbocycles. The van der Waals surface area contributed by atoms with Crippen LogP contribution in [0.5, 0.6) is 0 Å². The summed E-state index contributed by atoms with van der Waals surface area (Å²) in [4.78, 5) is 12.5. The first-order valence-corrected chi connectivity index (χ1v) is 7.91. The van der Waals surface area contributed by atoms with Crippen LogP contribution in [-0.2, 0) is 4.79 Å². The van der Waals surface area contributed by atoms with Crippen molar-refractivity contribution in [3.8, 4) is 0 Å². The minimum Gasteiger partial charge on any atom is -0.299 e. The number of fused-ring (bicyclic) bond motifs is 2. The highest BCUT2D eigenvalue weighted by atomic mass is 16.1. The molecular weight excluding hydrogens is 220 g/mol. The highest BCUT2D eigenvalue weighted by Gasteiger charge is 2.63. The number of Topliss-reactive ketones (excluding diaryl/α,β-unsaturated/α-hetero) is 1. The van der Waals surface area contributed by atoms with Crippen molar-refractivity contribution in [3.63, 3.8) is 0 Å². The van der Waals surface area contributed by atoms with E-state index in [-0.39, 0.29) is 0 Å². The van der Waals surface area contributed by atoms with Crippen LogP contribution in [0.25, 0.3) is 0 Å². The molecule has 18 heavy (non-hydrogen) atoms. The zero-order valence-electron chi connectivity index (χ0n) is 12.5. The summed E-state index contributed by atoms with van der Waals surface area (Å²) in [5.41, 5.74) is 0.883. The zero-order chi connectivity index (χ0) is 13.1. The molecule has 0 saturated heterocycles. The number of carbonyl (C=O) groups excluding carboxylic acids is 1. The first kappa shape index (κ1) is 12.7. The van der Waals surface area contributed by atoms with Crippen molar-refractivity contribution in [1.82, 2.24) is 0 Å². The van der Waals surface area contributed by atoms with E-state index in [0.717, 1.165) is 12.3 Å². The Morgan fingerprint density at radius 1 is 1.11 bits per heavy atom. The molecule has 102 valence electrons. The molecule has 3 rings (SSSR count). The molecule has 0 amide bonds. The van der Waals surface area contributed by atoms with Crippen molar-refractivity contribution in [2.24, 2.45) is 34.5 Å². The lowest BCUT2D eigenvalue weighted by atomic mass is 9.60. The standard InChI is InChI=1S/C17H28O/c1-11-6-5-7-13(15(11)18)14-10-12-8-9-17(14,4)16(12,2)3/h11-14H,5-10H2,1-4H3. The zero-order valence-corrected chi connectivity index (χ0v) is 12.5. The van der Waals surface area contributed by atoms with Crippen LogP contribution in [0.15, 0.2) is 0 Å². The van der Waals surface area contributed by atoms with Gasteiger partial charge in [0.2, 0.25) is 0 Å². The van der Waals surface area contributed by atoms with E-state index in [9.17, 15) is 4.79 Å². The van der Waals surface area contributed by atoms with Crippen molar-refractivity contribution in [3.05, 3.63) is 0 Å². The highest BCUT2D eigenvalue weighted by molar-refractivity contribution is 5.84. The van der Waals surface area contributed by atoms with Crippen LogP contribution in [0, 0.1) is 34.5 Å². The van der Waals surface area contributed by atoms with E-state index in [1.165, 1.54) is 32.1 Å². The van der Waals surface area contributed by atoms with Gasteiger partial charge in [-0.25, -0.2) is 0 Å². The summed E-state index contributed by atoms with van der Waals surface area (Å²) >= 11 is 0. The Balaban J connectivity index is 1.89. The molecule has 1 heteroatoms. The summed E-state index contributed by atoms with van der Waals surface area (Å²) in [6.45, 7) is 9.55. The molecule has 0 aromatic heterocycles. The number of carbonyl (C=O) groups is 1. The summed E-state index contributed by atoms with van der Waals surface area (Å²) in [6, 6.07) is 0. The lowest BCUT2D eigenvalue weighted by Crippen LogP contribution is -2.41. The molecule has 0 aromatic rings. The maximum atomic E-state index is 12.5. The Morgan fingerprint density at radius 3 is 2.39 bits per heavy atom. The normalized spacial score (nSPS) is 50.8.